The fourth-order valence-corrected chi connectivity index (χ4v) is 4.89. The van der Waals surface area contributed by atoms with E-state index < -0.39 is 26.1 Å². The molecule has 1 heterocycles. The monoisotopic (exact) mass is 398 g/mol. The van der Waals surface area contributed by atoms with Gasteiger partial charge in [0.15, 0.2) is 0 Å². The molecule has 0 aliphatic rings. The van der Waals surface area contributed by atoms with Crippen LogP contribution in [0.15, 0.2) is 52.3 Å². The van der Waals surface area contributed by atoms with Crippen LogP contribution in [0.25, 0.3) is 11.0 Å². The molecule has 25 heavy (non-hydrogen) atoms. The van der Waals surface area contributed by atoms with E-state index in [9.17, 15) is 16.8 Å². The molecule has 0 saturated heterocycles. The number of sulfonamides is 2. The first kappa shape index (κ1) is 17.9. The second-order valence-electron chi connectivity index (χ2n) is 5.35. The molecule has 0 aliphatic heterocycles. The Morgan fingerprint density at radius 3 is 2.52 bits per heavy atom. The van der Waals surface area contributed by atoms with Gasteiger partial charge in [-0.15, -0.1) is 0 Å². The largest absolute Gasteiger partial charge is 0.243 e. The van der Waals surface area contributed by atoms with Gasteiger partial charge in [-0.05, 0) is 36.8 Å². The molecule has 1 aromatic heterocycles. The number of hydrogen-bond acceptors (Lipinski definition) is 7. The van der Waals surface area contributed by atoms with Crippen LogP contribution < -0.4 is 9.86 Å². The second kappa shape index (κ2) is 6.42. The van der Waals surface area contributed by atoms with Crippen molar-refractivity contribution >= 4 is 42.8 Å². The average molecular weight is 398 g/mol. The van der Waals surface area contributed by atoms with Crippen molar-refractivity contribution < 1.29 is 16.8 Å². The Kier molecular flexibility index (Phi) is 4.60. The third-order valence-corrected chi connectivity index (χ3v) is 6.58. The highest BCUT2D eigenvalue weighted by Crippen LogP contribution is 2.24. The van der Waals surface area contributed by atoms with Crippen LogP contribution in [0.2, 0.25) is 0 Å². The van der Waals surface area contributed by atoms with Crippen molar-refractivity contribution in [1.82, 2.24) is 13.5 Å². The van der Waals surface area contributed by atoms with E-state index in [4.69, 9.17) is 5.14 Å². The van der Waals surface area contributed by atoms with Gasteiger partial charge in [-0.2, -0.15) is 8.75 Å². The number of benzene rings is 2. The standard InChI is InChI=1S/C14H14N4O4S3/c1-9(10-4-2-5-11(8-10)24(15,19)20)18-25(21,22)13-7-3-6-12-14(13)17-23-16-12/h2-9,18H,1H3,(H2,15,19,20)/t9-/m0/s1. The fraction of sp³-hybridized carbons (Fsp3) is 0.143. The first-order valence-electron chi connectivity index (χ1n) is 7.05. The molecule has 1 atom stereocenters. The minimum absolute atomic E-state index is 0.0215. The summed E-state index contributed by atoms with van der Waals surface area (Å²) in [4.78, 5) is -0.0601. The molecule has 0 unspecified atom stereocenters. The van der Waals surface area contributed by atoms with Crippen LogP contribution in [0.4, 0.5) is 0 Å². The smallest absolute Gasteiger partial charge is 0.225 e. The minimum atomic E-state index is -3.88. The summed E-state index contributed by atoms with van der Waals surface area (Å²) in [5, 5.41) is 5.11. The van der Waals surface area contributed by atoms with E-state index in [0.29, 0.717) is 16.6 Å². The van der Waals surface area contributed by atoms with Crippen LogP contribution in [0.1, 0.15) is 18.5 Å². The molecule has 0 saturated carbocycles. The van der Waals surface area contributed by atoms with Crippen molar-refractivity contribution in [3.8, 4) is 0 Å². The molecule has 0 amide bonds. The summed E-state index contributed by atoms with van der Waals surface area (Å²) in [6, 6.07) is 9.85. The van der Waals surface area contributed by atoms with Crippen LogP contribution in [-0.4, -0.2) is 25.6 Å². The number of nitrogens with one attached hydrogen (secondary N) is 1. The van der Waals surface area contributed by atoms with Gasteiger partial charge in [0, 0.05) is 6.04 Å². The first-order chi connectivity index (χ1) is 11.7. The molecule has 8 nitrogen and oxygen atoms in total. The lowest BCUT2D eigenvalue weighted by Gasteiger charge is -2.15. The summed E-state index contributed by atoms with van der Waals surface area (Å²) >= 11 is 0.930. The molecule has 0 spiro atoms. The lowest BCUT2D eigenvalue weighted by molar-refractivity contribution is 0.567. The summed E-state index contributed by atoms with van der Waals surface area (Å²) in [5.74, 6) is 0. The summed E-state index contributed by atoms with van der Waals surface area (Å²) < 4.78 is 58.9. The third-order valence-electron chi connectivity index (χ3n) is 3.56. The molecule has 0 aliphatic carbocycles. The maximum atomic E-state index is 12.7. The lowest BCUT2D eigenvalue weighted by atomic mass is 10.1. The highest BCUT2D eigenvalue weighted by Gasteiger charge is 2.23. The average Bonchev–Trinajstić information content (AvgIpc) is 3.02. The van der Waals surface area contributed by atoms with E-state index in [1.807, 2.05) is 0 Å². The molecule has 3 aromatic rings. The molecule has 3 N–H and O–H groups in total. The first-order valence-corrected chi connectivity index (χ1v) is 10.8. The zero-order valence-electron chi connectivity index (χ0n) is 12.9. The Morgan fingerprint density at radius 2 is 1.80 bits per heavy atom. The van der Waals surface area contributed by atoms with Crippen LogP contribution in [0, 0.1) is 0 Å². The van der Waals surface area contributed by atoms with Crippen molar-refractivity contribution in [2.75, 3.05) is 0 Å². The Hall–Kier alpha value is -1.92. The predicted molar refractivity (Wildman–Crippen MR) is 94.0 cm³/mol. The highest BCUT2D eigenvalue weighted by molar-refractivity contribution is 7.89. The summed E-state index contributed by atoms with van der Waals surface area (Å²) in [5.41, 5.74) is 1.26. The van der Waals surface area contributed by atoms with Gasteiger partial charge in [0.2, 0.25) is 20.0 Å². The van der Waals surface area contributed by atoms with Gasteiger partial charge in [0.05, 0.1) is 16.6 Å². The number of hydrogen-bond donors (Lipinski definition) is 2. The molecular formula is C14H14N4O4S3. The van der Waals surface area contributed by atoms with E-state index in [2.05, 4.69) is 13.5 Å². The number of rotatable bonds is 5. The van der Waals surface area contributed by atoms with Crippen molar-refractivity contribution in [2.24, 2.45) is 5.14 Å². The van der Waals surface area contributed by atoms with Gasteiger partial charge >= 0.3 is 0 Å². The predicted octanol–water partition coefficient (Wildman–Crippen LogP) is 1.38. The zero-order valence-corrected chi connectivity index (χ0v) is 15.4. The van der Waals surface area contributed by atoms with Crippen molar-refractivity contribution in [1.29, 1.82) is 0 Å². The number of nitrogens with zero attached hydrogens (tertiary/aromatic N) is 2. The van der Waals surface area contributed by atoms with Crippen LogP contribution >= 0.6 is 11.7 Å². The van der Waals surface area contributed by atoms with Gasteiger partial charge in [-0.3, -0.25) is 0 Å². The lowest BCUT2D eigenvalue weighted by Crippen LogP contribution is -2.27. The van der Waals surface area contributed by atoms with Gasteiger partial charge in [0.25, 0.3) is 0 Å². The summed E-state index contributed by atoms with van der Waals surface area (Å²) in [6.45, 7) is 1.61. The van der Waals surface area contributed by atoms with E-state index >= 15 is 0 Å². The highest BCUT2D eigenvalue weighted by atomic mass is 32.2. The van der Waals surface area contributed by atoms with Gasteiger partial charge in [-0.1, -0.05) is 18.2 Å². The molecule has 2 aromatic carbocycles. The molecule has 0 bridgehead atoms. The van der Waals surface area contributed by atoms with E-state index in [1.54, 1.807) is 25.1 Å². The Labute approximate surface area is 149 Å². The molecule has 3 rings (SSSR count). The van der Waals surface area contributed by atoms with E-state index in [1.165, 1.54) is 24.3 Å². The maximum Gasteiger partial charge on any atom is 0.243 e. The number of primary sulfonamides is 1. The van der Waals surface area contributed by atoms with Crippen LogP contribution in [0.5, 0.6) is 0 Å². The van der Waals surface area contributed by atoms with Crippen molar-refractivity contribution in [3.63, 3.8) is 0 Å². The van der Waals surface area contributed by atoms with Crippen LogP contribution in [-0.2, 0) is 20.0 Å². The third kappa shape index (κ3) is 3.70. The van der Waals surface area contributed by atoms with Gasteiger partial charge in [-0.25, -0.2) is 26.7 Å². The van der Waals surface area contributed by atoms with E-state index in [0.717, 1.165) is 11.7 Å². The van der Waals surface area contributed by atoms with Crippen molar-refractivity contribution in [2.45, 2.75) is 22.8 Å². The molecule has 0 radical (unpaired) electrons. The molecule has 0 fully saturated rings. The Morgan fingerprint density at radius 1 is 1.08 bits per heavy atom. The minimum Gasteiger partial charge on any atom is -0.225 e. The number of fused-ring (bicyclic) bond motifs is 1. The Balaban J connectivity index is 1.95. The maximum absolute atomic E-state index is 12.7. The number of nitrogens with two attached hydrogens (primary N) is 1. The zero-order chi connectivity index (χ0) is 18.2. The van der Waals surface area contributed by atoms with E-state index in [-0.39, 0.29) is 9.79 Å². The Bertz CT molecular complexity index is 1140. The topological polar surface area (TPSA) is 132 Å². The molecule has 11 heteroatoms. The van der Waals surface area contributed by atoms with Gasteiger partial charge < -0.3 is 0 Å². The summed E-state index contributed by atoms with van der Waals surface area (Å²) in [6.07, 6.45) is 0. The number of aromatic nitrogens is 2. The molecule has 132 valence electrons. The second-order valence-corrected chi connectivity index (χ2v) is 9.12. The fourth-order valence-electron chi connectivity index (χ4n) is 2.32. The quantitative estimate of drug-likeness (QED) is 0.667. The van der Waals surface area contributed by atoms with Crippen molar-refractivity contribution in [3.05, 3.63) is 48.0 Å². The summed E-state index contributed by atoms with van der Waals surface area (Å²) in [7, 11) is -7.75. The molecular weight excluding hydrogens is 384 g/mol. The SMILES string of the molecule is C[C@H](NS(=O)(=O)c1cccc2nsnc12)c1cccc(S(N)(=O)=O)c1. The van der Waals surface area contributed by atoms with Gasteiger partial charge in [0.1, 0.15) is 15.9 Å². The van der Waals surface area contributed by atoms with Crippen LogP contribution in [0.3, 0.4) is 0 Å². The normalized spacial score (nSPS) is 13.8.